The molecule has 2 aliphatic heterocycles. The van der Waals surface area contributed by atoms with Gasteiger partial charge in [-0.25, -0.2) is 9.18 Å². The summed E-state index contributed by atoms with van der Waals surface area (Å²) in [6.07, 6.45) is 1.31. The lowest BCUT2D eigenvalue weighted by Gasteiger charge is -2.24. The number of nitrogens with zero attached hydrogens (tertiary/aromatic N) is 1. The maximum absolute atomic E-state index is 13.0. The quantitative estimate of drug-likeness (QED) is 0.868. The standard InChI is InChI=1S/C19H18FN3O4/c20-12-3-5-13(6-4-12)22-19(25)23-9-1-2-15(23)18(24)21-14-7-8-16-17(10-14)27-11-26-16/h3-8,10,15H,1-2,9,11H2,(H,21,24)(H,22,25)/t15-/m1/s1. The first-order valence-electron chi connectivity index (χ1n) is 8.64. The molecule has 2 heterocycles. The van der Waals surface area contributed by atoms with Gasteiger partial charge in [0.15, 0.2) is 11.5 Å². The number of anilines is 2. The average molecular weight is 371 g/mol. The van der Waals surface area contributed by atoms with Gasteiger partial charge < -0.3 is 25.0 Å². The molecule has 0 aromatic heterocycles. The van der Waals surface area contributed by atoms with E-state index >= 15 is 0 Å². The molecule has 2 aliphatic rings. The molecule has 0 spiro atoms. The average Bonchev–Trinajstić information content (AvgIpc) is 3.32. The summed E-state index contributed by atoms with van der Waals surface area (Å²) in [5, 5.41) is 5.52. The fourth-order valence-electron chi connectivity index (χ4n) is 3.21. The molecule has 8 heteroatoms. The number of hydrogen-bond donors (Lipinski definition) is 2. The Morgan fingerprint density at radius 2 is 1.74 bits per heavy atom. The Morgan fingerprint density at radius 3 is 2.56 bits per heavy atom. The molecule has 2 aromatic rings. The minimum Gasteiger partial charge on any atom is -0.454 e. The lowest BCUT2D eigenvalue weighted by molar-refractivity contribution is -0.119. The number of amides is 3. The zero-order valence-corrected chi connectivity index (χ0v) is 14.4. The highest BCUT2D eigenvalue weighted by Gasteiger charge is 2.34. The van der Waals surface area contributed by atoms with Gasteiger partial charge in [0.2, 0.25) is 12.7 Å². The van der Waals surface area contributed by atoms with Crippen molar-refractivity contribution in [1.82, 2.24) is 4.90 Å². The fraction of sp³-hybridized carbons (Fsp3) is 0.263. The van der Waals surface area contributed by atoms with Crippen molar-refractivity contribution in [1.29, 1.82) is 0 Å². The smallest absolute Gasteiger partial charge is 0.322 e. The van der Waals surface area contributed by atoms with E-state index in [0.717, 1.165) is 6.42 Å². The van der Waals surface area contributed by atoms with E-state index in [9.17, 15) is 14.0 Å². The van der Waals surface area contributed by atoms with Crippen molar-refractivity contribution in [3.8, 4) is 11.5 Å². The number of hydrogen-bond acceptors (Lipinski definition) is 4. The summed E-state index contributed by atoms with van der Waals surface area (Å²) in [5.74, 6) is 0.565. The van der Waals surface area contributed by atoms with Crippen molar-refractivity contribution in [2.75, 3.05) is 24.0 Å². The Labute approximate surface area is 155 Å². The van der Waals surface area contributed by atoms with E-state index in [1.165, 1.54) is 29.2 Å². The molecule has 0 aliphatic carbocycles. The second-order valence-corrected chi connectivity index (χ2v) is 6.35. The highest BCUT2D eigenvalue weighted by Crippen LogP contribution is 2.34. The Balaban J connectivity index is 1.41. The second-order valence-electron chi connectivity index (χ2n) is 6.35. The van der Waals surface area contributed by atoms with Crippen LogP contribution in [0.25, 0.3) is 0 Å². The third-order valence-electron chi connectivity index (χ3n) is 4.55. The molecule has 2 aromatic carbocycles. The predicted octanol–water partition coefficient (Wildman–Crippen LogP) is 3.19. The summed E-state index contributed by atoms with van der Waals surface area (Å²) in [7, 11) is 0. The highest BCUT2D eigenvalue weighted by atomic mass is 19.1. The maximum atomic E-state index is 13.0. The van der Waals surface area contributed by atoms with Crippen LogP contribution in [0.4, 0.5) is 20.6 Å². The number of fused-ring (bicyclic) bond motifs is 1. The largest absolute Gasteiger partial charge is 0.454 e. The van der Waals surface area contributed by atoms with Gasteiger partial charge in [-0.15, -0.1) is 0 Å². The van der Waals surface area contributed by atoms with Crippen molar-refractivity contribution in [3.05, 3.63) is 48.3 Å². The van der Waals surface area contributed by atoms with Crippen LogP contribution < -0.4 is 20.1 Å². The van der Waals surface area contributed by atoms with Gasteiger partial charge in [0.05, 0.1) is 0 Å². The number of carbonyl (C=O) groups excluding carboxylic acids is 2. The van der Waals surface area contributed by atoms with Crippen molar-refractivity contribution in [2.45, 2.75) is 18.9 Å². The molecule has 0 saturated carbocycles. The van der Waals surface area contributed by atoms with E-state index in [1.807, 2.05) is 0 Å². The van der Waals surface area contributed by atoms with Gasteiger partial charge >= 0.3 is 6.03 Å². The van der Waals surface area contributed by atoms with Crippen molar-refractivity contribution >= 4 is 23.3 Å². The summed E-state index contributed by atoms with van der Waals surface area (Å²) in [6, 6.07) is 9.68. The van der Waals surface area contributed by atoms with Crippen LogP contribution in [0.15, 0.2) is 42.5 Å². The van der Waals surface area contributed by atoms with Crippen LogP contribution in [-0.4, -0.2) is 36.2 Å². The SMILES string of the molecule is O=C(Nc1ccc2c(c1)OCO2)[C@H]1CCCN1C(=O)Nc1ccc(F)cc1. The maximum Gasteiger partial charge on any atom is 0.322 e. The van der Waals surface area contributed by atoms with Gasteiger partial charge in [-0.1, -0.05) is 0 Å². The summed E-state index contributed by atoms with van der Waals surface area (Å²) >= 11 is 0. The first kappa shape index (κ1) is 17.1. The van der Waals surface area contributed by atoms with E-state index in [1.54, 1.807) is 18.2 Å². The first-order chi connectivity index (χ1) is 13.1. The van der Waals surface area contributed by atoms with Gasteiger partial charge in [0.25, 0.3) is 0 Å². The van der Waals surface area contributed by atoms with Crippen LogP contribution in [0.5, 0.6) is 11.5 Å². The van der Waals surface area contributed by atoms with Crippen molar-refractivity contribution < 1.29 is 23.5 Å². The lowest BCUT2D eigenvalue weighted by Crippen LogP contribution is -2.45. The Morgan fingerprint density at radius 1 is 1.00 bits per heavy atom. The van der Waals surface area contributed by atoms with E-state index < -0.39 is 6.04 Å². The van der Waals surface area contributed by atoms with Crippen molar-refractivity contribution in [3.63, 3.8) is 0 Å². The van der Waals surface area contributed by atoms with Gasteiger partial charge in [0.1, 0.15) is 11.9 Å². The van der Waals surface area contributed by atoms with Crippen LogP contribution in [0.3, 0.4) is 0 Å². The third-order valence-corrected chi connectivity index (χ3v) is 4.55. The molecule has 7 nitrogen and oxygen atoms in total. The molecule has 2 N–H and O–H groups in total. The van der Waals surface area contributed by atoms with Gasteiger partial charge in [-0.3, -0.25) is 4.79 Å². The van der Waals surface area contributed by atoms with Crippen LogP contribution in [-0.2, 0) is 4.79 Å². The Bertz CT molecular complexity index is 872. The van der Waals surface area contributed by atoms with E-state index in [4.69, 9.17) is 9.47 Å². The molecule has 1 atom stereocenters. The number of ether oxygens (including phenoxy) is 2. The van der Waals surface area contributed by atoms with E-state index in [-0.39, 0.29) is 24.5 Å². The Hall–Kier alpha value is -3.29. The molecule has 27 heavy (non-hydrogen) atoms. The summed E-state index contributed by atoms with van der Waals surface area (Å²) in [4.78, 5) is 26.7. The minimum absolute atomic E-state index is 0.159. The lowest BCUT2D eigenvalue weighted by atomic mass is 10.2. The minimum atomic E-state index is -0.573. The number of likely N-dealkylation sites (tertiary alicyclic amines) is 1. The van der Waals surface area contributed by atoms with Crippen LogP contribution in [0.2, 0.25) is 0 Å². The van der Waals surface area contributed by atoms with Crippen LogP contribution in [0.1, 0.15) is 12.8 Å². The molecule has 0 bridgehead atoms. The molecular weight excluding hydrogens is 353 g/mol. The van der Waals surface area contributed by atoms with Gasteiger partial charge in [-0.05, 0) is 49.2 Å². The normalized spacial score (nSPS) is 17.7. The zero-order valence-electron chi connectivity index (χ0n) is 14.4. The summed E-state index contributed by atoms with van der Waals surface area (Å²) < 4.78 is 23.5. The molecule has 0 unspecified atom stereocenters. The predicted molar refractivity (Wildman–Crippen MR) is 96.3 cm³/mol. The topological polar surface area (TPSA) is 79.9 Å². The summed E-state index contributed by atoms with van der Waals surface area (Å²) in [6.45, 7) is 0.638. The number of urea groups is 1. The first-order valence-corrected chi connectivity index (χ1v) is 8.64. The van der Waals surface area contributed by atoms with E-state index in [0.29, 0.717) is 35.8 Å². The molecule has 1 fully saturated rings. The number of halogens is 1. The van der Waals surface area contributed by atoms with Crippen LogP contribution in [0, 0.1) is 5.82 Å². The number of nitrogens with one attached hydrogen (secondary N) is 2. The second kappa shape index (κ2) is 7.14. The van der Waals surface area contributed by atoms with Crippen LogP contribution >= 0.6 is 0 Å². The highest BCUT2D eigenvalue weighted by molar-refractivity contribution is 5.99. The molecule has 3 amide bonds. The Kier molecular flexibility index (Phi) is 4.53. The molecular formula is C19H18FN3O4. The van der Waals surface area contributed by atoms with E-state index in [2.05, 4.69) is 10.6 Å². The summed E-state index contributed by atoms with van der Waals surface area (Å²) in [5.41, 5.74) is 1.05. The molecule has 140 valence electrons. The zero-order chi connectivity index (χ0) is 18.8. The van der Waals surface area contributed by atoms with Crippen molar-refractivity contribution in [2.24, 2.45) is 0 Å². The number of benzene rings is 2. The van der Waals surface area contributed by atoms with Gasteiger partial charge in [-0.2, -0.15) is 0 Å². The molecule has 4 rings (SSSR count). The molecule has 0 radical (unpaired) electrons. The van der Waals surface area contributed by atoms with Gasteiger partial charge in [0, 0.05) is 24.0 Å². The number of rotatable bonds is 3. The fourth-order valence-corrected chi connectivity index (χ4v) is 3.21. The monoisotopic (exact) mass is 371 g/mol. The molecule has 1 saturated heterocycles. The number of carbonyl (C=O) groups is 2. The third kappa shape index (κ3) is 3.64.